The molecule has 0 radical (unpaired) electrons. The second-order valence-electron chi connectivity index (χ2n) is 6.09. The van der Waals surface area contributed by atoms with E-state index in [4.69, 9.17) is 0 Å². The predicted octanol–water partition coefficient (Wildman–Crippen LogP) is 4.24. The van der Waals surface area contributed by atoms with E-state index in [1.807, 2.05) is 25.1 Å². The van der Waals surface area contributed by atoms with Gasteiger partial charge in [-0.1, -0.05) is 28.1 Å². The molecule has 0 aromatic heterocycles. The Balaban J connectivity index is 1.57. The molecule has 6 heteroatoms. The van der Waals surface area contributed by atoms with Crippen LogP contribution in [0, 0.1) is 0 Å². The van der Waals surface area contributed by atoms with Gasteiger partial charge in [-0.25, -0.2) is 0 Å². The zero-order chi connectivity index (χ0) is 17.8. The maximum absolute atomic E-state index is 12.4. The highest BCUT2D eigenvalue weighted by Gasteiger charge is 2.18. The molecular formula is C19H19BrN2O2S. The van der Waals surface area contributed by atoms with Crippen molar-refractivity contribution < 1.29 is 9.59 Å². The number of benzene rings is 2. The first-order valence-corrected chi connectivity index (χ1v) is 9.91. The predicted molar refractivity (Wildman–Crippen MR) is 105 cm³/mol. The third-order valence-electron chi connectivity index (χ3n) is 4.03. The zero-order valence-corrected chi connectivity index (χ0v) is 16.2. The summed E-state index contributed by atoms with van der Waals surface area (Å²) in [7, 11) is 0. The van der Waals surface area contributed by atoms with Crippen LogP contribution < -0.4 is 10.6 Å². The van der Waals surface area contributed by atoms with Gasteiger partial charge in [0.25, 0.3) is 5.91 Å². The highest BCUT2D eigenvalue weighted by molar-refractivity contribution is 9.10. The van der Waals surface area contributed by atoms with Gasteiger partial charge in [0, 0.05) is 21.0 Å². The number of fused-ring (bicyclic) bond motifs is 1. The molecule has 0 fully saturated rings. The smallest absolute Gasteiger partial charge is 0.251 e. The van der Waals surface area contributed by atoms with Crippen LogP contribution in [0.25, 0.3) is 0 Å². The van der Waals surface area contributed by atoms with Gasteiger partial charge in [-0.05, 0) is 55.7 Å². The van der Waals surface area contributed by atoms with E-state index in [9.17, 15) is 9.59 Å². The van der Waals surface area contributed by atoms with Gasteiger partial charge in [-0.3, -0.25) is 9.59 Å². The first kappa shape index (κ1) is 18.0. The zero-order valence-electron chi connectivity index (χ0n) is 13.8. The summed E-state index contributed by atoms with van der Waals surface area (Å²) in [5, 5.41) is 5.84. The van der Waals surface area contributed by atoms with Crippen molar-refractivity contribution in [3.8, 4) is 0 Å². The normalized spacial score (nSPS) is 14.4. The summed E-state index contributed by atoms with van der Waals surface area (Å²) < 4.78 is 1.07. The lowest BCUT2D eigenvalue weighted by Crippen LogP contribution is -2.33. The number of carbonyl (C=O) groups is 2. The molecule has 2 aromatic carbocycles. The Morgan fingerprint density at radius 2 is 2.04 bits per heavy atom. The van der Waals surface area contributed by atoms with Crippen molar-refractivity contribution in [3.63, 3.8) is 0 Å². The highest BCUT2D eigenvalue weighted by Crippen LogP contribution is 2.31. The number of amides is 2. The van der Waals surface area contributed by atoms with Crippen molar-refractivity contribution in [1.29, 1.82) is 0 Å². The van der Waals surface area contributed by atoms with Gasteiger partial charge in [0.2, 0.25) is 5.91 Å². The molecule has 3 rings (SSSR count). The van der Waals surface area contributed by atoms with Crippen LogP contribution in [-0.2, 0) is 11.2 Å². The van der Waals surface area contributed by atoms with Gasteiger partial charge in [-0.2, -0.15) is 0 Å². The maximum atomic E-state index is 12.4. The largest absolute Gasteiger partial charge is 0.350 e. The van der Waals surface area contributed by atoms with E-state index in [2.05, 4.69) is 38.7 Å². The van der Waals surface area contributed by atoms with Crippen molar-refractivity contribution >= 4 is 45.2 Å². The summed E-state index contributed by atoms with van der Waals surface area (Å²) in [6, 6.07) is 13.7. The van der Waals surface area contributed by atoms with E-state index in [-0.39, 0.29) is 17.9 Å². The second-order valence-corrected chi connectivity index (χ2v) is 8.02. The highest BCUT2D eigenvalue weighted by atomic mass is 79.9. The van der Waals surface area contributed by atoms with Gasteiger partial charge in [0.1, 0.15) is 0 Å². The second kappa shape index (κ2) is 8.06. The third kappa shape index (κ3) is 4.86. The Morgan fingerprint density at radius 1 is 1.28 bits per heavy atom. The Kier molecular flexibility index (Phi) is 5.81. The first-order chi connectivity index (χ1) is 12.0. The lowest BCUT2D eigenvalue weighted by Gasteiger charge is -2.18. The summed E-state index contributed by atoms with van der Waals surface area (Å²) in [5.74, 6) is 0.278. The molecule has 1 aliphatic heterocycles. The molecule has 0 aliphatic carbocycles. The molecule has 2 N–H and O–H groups in total. The fourth-order valence-corrected chi connectivity index (χ4v) is 3.69. The maximum Gasteiger partial charge on any atom is 0.251 e. The molecule has 130 valence electrons. The quantitative estimate of drug-likeness (QED) is 0.762. The SMILES string of the molecule is CC(CCc1ccc(Br)cc1)NC(=O)c1ccc2c(c1)NC(=O)CS2. The number of halogens is 1. The van der Waals surface area contributed by atoms with Crippen molar-refractivity contribution in [2.24, 2.45) is 0 Å². The molecule has 0 spiro atoms. The Morgan fingerprint density at radius 3 is 2.80 bits per heavy atom. The van der Waals surface area contributed by atoms with Gasteiger partial charge in [0.05, 0.1) is 11.4 Å². The fraction of sp³-hybridized carbons (Fsp3) is 0.263. The van der Waals surface area contributed by atoms with Crippen LogP contribution in [0.3, 0.4) is 0 Å². The summed E-state index contributed by atoms with van der Waals surface area (Å²) in [6.07, 6.45) is 1.77. The van der Waals surface area contributed by atoms with Gasteiger partial charge < -0.3 is 10.6 Å². The van der Waals surface area contributed by atoms with Crippen LogP contribution >= 0.6 is 27.7 Å². The molecule has 0 bridgehead atoms. The molecule has 2 amide bonds. The van der Waals surface area contributed by atoms with Gasteiger partial charge in [-0.15, -0.1) is 11.8 Å². The van der Waals surface area contributed by atoms with Gasteiger partial charge in [0.15, 0.2) is 0 Å². The molecule has 0 saturated heterocycles. The molecule has 4 nitrogen and oxygen atoms in total. The molecule has 0 saturated carbocycles. The average Bonchev–Trinajstić information content (AvgIpc) is 2.60. The van der Waals surface area contributed by atoms with Crippen LogP contribution in [0.4, 0.5) is 5.69 Å². The Labute approximate surface area is 159 Å². The van der Waals surface area contributed by atoms with Gasteiger partial charge >= 0.3 is 0 Å². The third-order valence-corrected chi connectivity index (χ3v) is 5.63. The van der Waals surface area contributed by atoms with Crippen molar-refractivity contribution in [2.75, 3.05) is 11.1 Å². The van der Waals surface area contributed by atoms with E-state index in [0.29, 0.717) is 11.3 Å². The summed E-state index contributed by atoms with van der Waals surface area (Å²) in [5.41, 5.74) is 2.53. The number of hydrogen-bond acceptors (Lipinski definition) is 3. The van der Waals surface area contributed by atoms with Crippen LogP contribution in [0.1, 0.15) is 29.3 Å². The Hall–Kier alpha value is -1.79. The number of nitrogens with one attached hydrogen (secondary N) is 2. The number of hydrogen-bond donors (Lipinski definition) is 2. The average molecular weight is 419 g/mol. The minimum Gasteiger partial charge on any atom is -0.350 e. The lowest BCUT2D eigenvalue weighted by molar-refractivity contribution is -0.113. The standard InChI is InChI=1S/C19H19BrN2O2S/c1-12(2-3-13-4-7-15(20)8-5-13)21-19(24)14-6-9-17-16(10-14)22-18(23)11-25-17/h4-10,12H,2-3,11H2,1H3,(H,21,24)(H,22,23). The topological polar surface area (TPSA) is 58.2 Å². The van der Waals surface area contributed by atoms with Crippen molar-refractivity contribution in [3.05, 3.63) is 58.1 Å². The van der Waals surface area contributed by atoms with Crippen LogP contribution in [-0.4, -0.2) is 23.6 Å². The van der Waals surface area contributed by atoms with E-state index in [0.717, 1.165) is 27.9 Å². The van der Waals surface area contributed by atoms with Crippen molar-refractivity contribution in [1.82, 2.24) is 5.32 Å². The molecule has 1 aliphatic rings. The van der Waals surface area contributed by atoms with E-state index in [1.165, 1.54) is 17.3 Å². The summed E-state index contributed by atoms with van der Waals surface area (Å²) in [6.45, 7) is 2.01. The van der Waals surface area contributed by atoms with E-state index in [1.54, 1.807) is 12.1 Å². The van der Waals surface area contributed by atoms with Crippen LogP contribution in [0.15, 0.2) is 51.8 Å². The summed E-state index contributed by atoms with van der Waals surface area (Å²) in [4.78, 5) is 24.9. The number of anilines is 1. The van der Waals surface area contributed by atoms with E-state index >= 15 is 0 Å². The number of carbonyl (C=O) groups excluding carboxylic acids is 2. The first-order valence-electron chi connectivity index (χ1n) is 8.13. The minimum absolute atomic E-state index is 0.0297. The molecule has 2 aromatic rings. The minimum atomic E-state index is -0.115. The number of rotatable bonds is 5. The lowest BCUT2D eigenvalue weighted by atomic mass is 10.1. The molecular weight excluding hydrogens is 400 g/mol. The molecule has 25 heavy (non-hydrogen) atoms. The summed E-state index contributed by atoms with van der Waals surface area (Å²) >= 11 is 4.92. The number of thioether (sulfide) groups is 1. The van der Waals surface area contributed by atoms with Crippen LogP contribution in [0.2, 0.25) is 0 Å². The monoisotopic (exact) mass is 418 g/mol. The van der Waals surface area contributed by atoms with Crippen molar-refractivity contribution in [2.45, 2.75) is 30.7 Å². The van der Waals surface area contributed by atoms with E-state index < -0.39 is 0 Å². The fourth-order valence-electron chi connectivity index (χ4n) is 2.64. The number of aryl methyl sites for hydroxylation is 1. The molecule has 1 unspecified atom stereocenters. The molecule has 1 atom stereocenters. The Bertz CT molecular complexity index is 793. The molecule has 1 heterocycles. The van der Waals surface area contributed by atoms with Crippen LogP contribution in [0.5, 0.6) is 0 Å².